The molecule has 17 heavy (non-hydrogen) atoms. The highest BCUT2D eigenvalue weighted by Crippen LogP contribution is 2.27. The Balaban J connectivity index is 2.82. The second kappa shape index (κ2) is 6.32. The highest BCUT2D eigenvalue weighted by Gasteiger charge is 2.17. The number of halogens is 1. The van der Waals surface area contributed by atoms with E-state index in [0.717, 1.165) is 0 Å². The minimum atomic E-state index is -0.498. The standard InChI is InChI=1S/C11H12ClNO4/c1-17-7-8(14)5-6-9-10(12)3-2-4-11(9)13(15)16/h2-4H,5-7H2,1H3. The van der Waals surface area contributed by atoms with Crippen molar-refractivity contribution in [2.45, 2.75) is 12.8 Å². The van der Waals surface area contributed by atoms with Crippen molar-refractivity contribution in [3.05, 3.63) is 38.9 Å². The molecule has 0 spiro atoms. The maximum absolute atomic E-state index is 11.3. The molecule has 1 aromatic rings. The summed E-state index contributed by atoms with van der Waals surface area (Å²) >= 11 is 5.89. The fourth-order valence-electron chi connectivity index (χ4n) is 1.46. The van der Waals surface area contributed by atoms with E-state index in [1.807, 2.05) is 0 Å². The maximum Gasteiger partial charge on any atom is 0.274 e. The number of carbonyl (C=O) groups is 1. The molecule has 5 nitrogen and oxygen atoms in total. The van der Waals surface area contributed by atoms with Crippen LogP contribution >= 0.6 is 11.6 Å². The van der Waals surface area contributed by atoms with Crippen molar-refractivity contribution in [1.82, 2.24) is 0 Å². The molecule has 0 bridgehead atoms. The van der Waals surface area contributed by atoms with Gasteiger partial charge in [0.05, 0.1) is 9.95 Å². The van der Waals surface area contributed by atoms with Crippen LogP contribution in [0.5, 0.6) is 0 Å². The first kappa shape index (κ1) is 13.6. The molecule has 0 heterocycles. The molecule has 0 saturated carbocycles. The quantitative estimate of drug-likeness (QED) is 0.580. The number of nitro benzene ring substituents is 1. The van der Waals surface area contributed by atoms with Crippen LogP contribution in [0.15, 0.2) is 18.2 Å². The van der Waals surface area contributed by atoms with E-state index in [0.29, 0.717) is 10.6 Å². The zero-order valence-corrected chi connectivity index (χ0v) is 10.1. The van der Waals surface area contributed by atoms with Gasteiger partial charge < -0.3 is 4.74 Å². The van der Waals surface area contributed by atoms with Crippen molar-refractivity contribution in [3.8, 4) is 0 Å². The monoisotopic (exact) mass is 257 g/mol. The van der Waals surface area contributed by atoms with Gasteiger partial charge in [0.25, 0.3) is 5.69 Å². The molecule has 0 N–H and O–H groups in total. The lowest BCUT2D eigenvalue weighted by Gasteiger charge is -2.04. The SMILES string of the molecule is COCC(=O)CCc1c(Cl)cccc1[N+](=O)[O-]. The number of nitro groups is 1. The number of hydrogen-bond donors (Lipinski definition) is 0. The van der Waals surface area contributed by atoms with Crippen LogP contribution in [-0.4, -0.2) is 24.4 Å². The number of benzene rings is 1. The van der Waals surface area contributed by atoms with Crippen LogP contribution in [0.3, 0.4) is 0 Å². The number of nitrogens with zero attached hydrogens (tertiary/aromatic N) is 1. The highest BCUT2D eigenvalue weighted by molar-refractivity contribution is 6.31. The van der Waals surface area contributed by atoms with Crippen LogP contribution in [-0.2, 0) is 16.0 Å². The molecule has 0 aliphatic carbocycles. The minimum absolute atomic E-state index is 0.0122. The van der Waals surface area contributed by atoms with Crippen LogP contribution in [0.1, 0.15) is 12.0 Å². The average Bonchev–Trinajstić information content (AvgIpc) is 2.27. The van der Waals surface area contributed by atoms with Crippen LogP contribution in [0, 0.1) is 10.1 Å². The van der Waals surface area contributed by atoms with E-state index in [9.17, 15) is 14.9 Å². The van der Waals surface area contributed by atoms with Crippen molar-refractivity contribution < 1.29 is 14.5 Å². The predicted octanol–water partition coefficient (Wildman–Crippen LogP) is 2.40. The third-order valence-corrected chi connectivity index (χ3v) is 2.60. The molecule has 0 unspecified atom stereocenters. The smallest absolute Gasteiger partial charge is 0.274 e. The van der Waals surface area contributed by atoms with Gasteiger partial charge >= 0.3 is 0 Å². The van der Waals surface area contributed by atoms with Gasteiger partial charge in [0, 0.05) is 25.2 Å². The lowest BCUT2D eigenvalue weighted by molar-refractivity contribution is -0.385. The number of carbonyl (C=O) groups excluding carboxylic acids is 1. The number of hydrogen-bond acceptors (Lipinski definition) is 4. The molecule has 0 aliphatic rings. The Kier molecular flexibility index (Phi) is 5.06. The van der Waals surface area contributed by atoms with E-state index >= 15 is 0 Å². The summed E-state index contributed by atoms with van der Waals surface area (Å²) in [5.41, 5.74) is 0.339. The second-order valence-electron chi connectivity index (χ2n) is 3.47. The van der Waals surface area contributed by atoms with E-state index < -0.39 is 4.92 Å². The zero-order valence-electron chi connectivity index (χ0n) is 9.31. The fourth-order valence-corrected chi connectivity index (χ4v) is 1.73. The topological polar surface area (TPSA) is 69.4 Å². The molecule has 92 valence electrons. The van der Waals surface area contributed by atoms with Gasteiger partial charge in [-0.3, -0.25) is 14.9 Å². The van der Waals surface area contributed by atoms with Gasteiger partial charge in [0.15, 0.2) is 5.78 Å². The van der Waals surface area contributed by atoms with E-state index in [1.54, 1.807) is 6.07 Å². The number of methoxy groups -OCH3 is 1. The Morgan fingerprint density at radius 2 is 2.24 bits per heavy atom. The lowest BCUT2D eigenvalue weighted by Crippen LogP contribution is -2.08. The molecule has 1 rings (SSSR count). The normalized spacial score (nSPS) is 10.2. The molecule has 0 saturated heterocycles. The van der Waals surface area contributed by atoms with Crippen LogP contribution in [0.2, 0.25) is 5.02 Å². The maximum atomic E-state index is 11.3. The van der Waals surface area contributed by atoms with E-state index in [4.69, 9.17) is 11.6 Å². The largest absolute Gasteiger partial charge is 0.377 e. The third kappa shape index (κ3) is 3.80. The van der Waals surface area contributed by atoms with Crippen molar-refractivity contribution in [3.63, 3.8) is 0 Å². The fraction of sp³-hybridized carbons (Fsp3) is 0.364. The number of ether oxygens (including phenoxy) is 1. The van der Waals surface area contributed by atoms with Crippen molar-refractivity contribution in [2.24, 2.45) is 0 Å². The average molecular weight is 258 g/mol. The Hall–Kier alpha value is -1.46. The number of ketones is 1. The molecule has 0 radical (unpaired) electrons. The molecular weight excluding hydrogens is 246 g/mol. The Bertz CT molecular complexity index is 433. The van der Waals surface area contributed by atoms with Gasteiger partial charge in [-0.1, -0.05) is 17.7 Å². The first-order valence-corrected chi connectivity index (χ1v) is 5.36. The molecule has 0 fully saturated rings. The summed E-state index contributed by atoms with van der Waals surface area (Å²) in [6, 6.07) is 4.47. The van der Waals surface area contributed by atoms with E-state index in [-0.39, 0.29) is 30.9 Å². The molecular formula is C11H12ClNO4. The minimum Gasteiger partial charge on any atom is -0.377 e. The van der Waals surface area contributed by atoms with Crippen LogP contribution < -0.4 is 0 Å². The summed E-state index contributed by atoms with van der Waals surface area (Å²) in [6.45, 7) is 0.0122. The van der Waals surface area contributed by atoms with Gasteiger partial charge in [-0.15, -0.1) is 0 Å². The Morgan fingerprint density at radius 3 is 2.82 bits per heavy atom. The predicted molar refractivity (Wildman–Crippen MR) is 63.3 cm³/mol. The molecule has 0 aliphatic heterocycles. The van der Waals surface area contributed by atoms with Crippen molar-refractivity contribution in [1.29, 1.82) is 0 Å². The Morgan fingerprint density at radius 1 is 1.53 bits per heavy atom. The lowest BCUT2D eigenvalue weighted by atomic mass is 10.1. The van der Waals surface area contributed by atoms with E-state index in [1.165, 1.54) is 19.2 Å². The Labute approximate surface area is 103 Å². The van der Waals surface area contributed by atoms with Crippen LogP contribution in [0.25, 0.3) is 0 Å². The summed E-state index contributed by atoms with van der Waals surface area (Å²) in [5.74, 6) is -0.110. The van der Waals surface area contributed by atoms with Crippen LogP contribution in [0.4, 0.5) is 5.69 Å². The van der Waals surface area contributed by atoms with E-state index in [2.05, 4.69) is 4.74 Å². The molecule has 0 amide bonds. The molecule has 0 aromatic heterocycles. The molecule has 1 aromatic carbocycles. The number of rotatable bonds is 6. The molecule has 6 heteroatoms. The summed E-state index contributed by atoms with van der Waals surface area (Å²) in [6.07, 6.45) is 0.427. The third-order valence-electron chi connectivity index (χ3n) is 2.25. The summed E-state index contributed by atoms with van der Waals surface area (Å²) < 4.78 is 4.68. The van der Waals surface area contributed by atoms with Gasteiger partial charge in [-0.05, 0) is 12.5 Å². The van der Waals surface area contributed by atoms with Gasteiger partial charge in [-0.25, -0.2) is 0 Å². The number of Topliss-reactive ketones (excluding diaryl/α,β-unsaturated/α-hetero) is 1. The van der Waals surface area contributed by atoms with Gasteiger partial charge in [0.1, 0.15) is 6.61 Å². The van der Waals surface area contributed by atoms with Crippen molar-refractivity contribution >= 4 is 23.1 Å². The molecule has 0 atom stereocenters. The second-order valence-corrected chi connectivity index (χ2v) is 3.87. The highest BCUT2D eigenvalue weighted by atomic mass is 35.5. The van der Waals surface area contributed by atoms with Gasteiger partial charge in [0.2, 0.25) is 0 Å². The summed E-state index contributed by atoms with van der Waals surface area (Å²) in [4.78, 5) is 21.6. The summed E-state index contributed by atoms with van der Waals surface area (Å²) in [5, 5.41) is 11.1. The van der Waals surface area contributed by atoms with Gasteiger partial charge in [-0.2, -0.15) is 0 Å². The first-order chi connectivity index (χ1) is 8.06. The first-order valence-electron chi connectivity index (χ1n) is 4.98. The summed E-state index contributed by atoms with van der Waals surface area (Å²) in [7, 11) is 1.43. The zero-order chi connectivity index (χ0) is 12.8. The van der Waals surface area contributed by atoms with Crippen molar-refractivity contribution in [2.75, 3.05) is 13.7 Å².